The van der Waals surface area contributed by atoms with Crippen LogP contribution in [0.1, 0.15) is 5.56 Å². The van der Waals surface area contributed by atoms with E-state index in [9.17, 15) is 8.78 Å². The summed E-state index contributed by atoms with van der Waals surface area (Å²) in [6.07, 6.45) is 3.29. The van der Waals surface area contributed by atoms with Crippen molar-refractivity contribution >= 4 is 40.8 Å². The maximum atomic E-state index is 12.4. The van der Waals surface area contributed by atoms with Crippen LogP contribution in [-0.2, 0) is 0 Å². The number of benzene rings is 2. The minimum atomic E-state index is -2.87. The van der Waals surface area contributed by atoms with E-state index < -0.39 is 6.61 Å². The summed E-state index contributed by atoms with van der Waals surface area (Å²) >= 11 is 13.5. The first-order valence-electron chi connectivity index (χ1n) is 8.34. The molecule has 3 rings (SSSR count). The van der Waals surface area contributed by atoms with Gasteiger partial charge in [-0.05, 0) is 36.4 Å². The molecule has 0 bridgehead atoms. The summed E-state index contributed by atoms with van der Waals surface area (Å²) in [6.45, 7) is 1.23. The van der Waals surface area contributed by atoms with Crippen LogP contribution in [0.4, 0.5) is 8.78 Å². The Balaban J connectivity index is 2.01. The van der Waals surface area contributed by atoms with Crippen molar-refractivity contribution in [2.45, 2.75) is 6.61 Å². The number of thiazole rings is 1. The van der Waals surface area contributed by atoms with Crippen LogP contribution in [0, 0.1) is 0 Å². The van der Waals surface area contributed by atoms with Crippen molar-refractivity contribution in [3.05, 3.63) is 80.9 Å². The number of alkyl halides is 2. The van der Waals surface area contributed by atoms with Gasteiger partial charge in [-0.25, -0.2) is 4.68 Å². The lowest BCUT2D eigenvalue weighted by Gasteiger charge is -2.07. The molecule has 0 unspecified atom stereocenters. The van der Waals surface area contributed by atoms with Gasteiger partial charge < -0.3 is 4.74 Å². The number of rotatable bonds is 7. The van der Waals surface area contributed by atoms with Gasteiger partial charge in [-0.1, -0.05) is 35.3 Å². The van der Waals surface area contributed by atoms with Gasteiger partial charge in [-0.2, -0.15) is 13.9 Å². The summed E-state index contributed by atoms with van der Waals surface area (Å²) in [4.78, 5) is 5.10. The highest BCUT2D eigenvalue weighted by atomic mass is 35.5. The first-order chi connectivity index (χ1) is 14.0. The van der Waals surface area contributed by atoms with Gasteiger partial charge in [0, 0.05) is 21.5 Å². The minimum absolute atomic E-state index is 0.0820. The molecule has 150 valence electrons. The normalized spacial score (nSPS) is 12.1. The molecule has 0 atom stereocenters. The van der Waals surface area contributed by atoms with Crippen LogP contribution in [-0.4, -0.2) is 24.0 Å². The fraction of sp³-hybridized carbons (Fsp3) is 0.100. The standard InChI is InChI=1S/C20H15Cl2F2N3OS/c1-2-9-25-20-27(26-11-14-3-6-15(21)10-17(14)22)18(12-29-20)13-4-7-16(8-5-13)28-19(23)24/h2-8,10-12,19H,1,9H2/b25-20?,26-11-. The molecule has 0 amide bonds. The van der Waals surface area contributed by atoms with Crippen LogP contribution in [0.3, 0.4) is 0 Å². The fourth-order valence-corrected chi connectivity index (χ4v) is 3.70. The number of nitrogens with zero attached hydrogens (tertiary/aromatic N) is 3. The highest BCUT2D eigenvalue weighted by Crippen LogP contribution is 2.24. The van der Waals surface area contributed by atoms with Gasteiger partial charge in [0.05, 0.1) is 23.5 Å². The van der Waals surface area contributed by atoms with E-state index in [4.69, 9.17) is 23.2 Å². The summed E-state index contributed by atoms with van der Waals surface area (Å²) in [5.74, 6) is 0.0820. The van der Waals surface area contributed by atoms with Crippen molar-refractivity contribution in [3.63, 3.8) is 0 Å². The molecule has 29 heavy (non-hydrogen) atoms. The maximum absolute atomic E-state index is 12.4. The molecule has 4 nitrogen and oxygen atoms in total. The van der Waals surface area contributed by atoms with E-state index in [0.29, 0.717) is 27.0 Å². The third kappa shape index (κ3) is 5.53. The molecule has 1 heterocycles. The van der Waals surface area contributed by atoms with Crippen LogP contribution < -0.4 is 9.54 Å². The van der Waals surface area contributed by atoms with Gasteiger partial charge in [0.2, 0.25) is 4.80 Å². The molecule has 0 N–H and O–H groups in total. The van der Waals surface area contributed by atoms with E-state index in [1.165, 1.54) is 23.5 Å². The Morgan fingerprint density at radius 1 is 1.17 bits per heavy atom. The van der Waals surface area contributed by atoms with Gasteiger partial charge in [-0.15, -0.1) is 17.9 Å². The van der Waals surface area contributed by atoms with Crippen molar-refractivity contribution in [1.29, 1.82) is 0 Å². The zero-order valence-corrected chi connectivity index (χ0v) is 17.3. The van der Waals surface area contributed by atoms with Crippen molar-refractivity contribution in [1.82, 2.24) is 4.68 Å². The van der Waals surface area contributed by atoms with Crippen LogP contribution in [0.25, 0.3) is 11.3 Å². The summed E-state index contributed by atoms with van der Waals surface area (Å²) in [6, 6.07) is 11.4. The van der Waals surface area contributed by atoms with Crippen LogP contribution in [0.2, 0.25) is 10.0 Å². The third-order valence-corrected chi connectivity index (χ3v) is 5.11. The lowest BCUT2D eigenvalue weighted by Crippen LogP contribution is -2.12. The van der Waals surface area contributed by atoms with Gasteiger partial charge in [0.1, 0.15) is 5.75 Å². The minimum Gasteiger partial charge on any atom is -0.435 e. The van der Waals surface area contributed by atoms with E-state index >= 15 is 0 Å². The second-order valence-electron chi connectivity index (χ2n) is 5.66. The molecule has 9 heteroatoms. The lowest BCUT2D eigenvalue weighted by atomic mass is 10.2. The summed E-state index contributed by atoms with van der Waals surface area (Å²) < 4.78 is 30.8. The Kier molecular flexibility index (Phi) is 7.19. The van der Waals surface area contributed by atoms with E-state index in [-0.39, 0.29) is 5.75 Å². The first-order valence-corrected chi connectivity index (χ1v) is 9.98. The summed E-state index contributed by atoms with van der Waals surface area (Å²) in [7, 11) is 0. The van der Waals surface area contributed by atoms with Crippen molar-refractivity contribution in [2.75, 3.05) is 6.54 Å². The fourth-order valence-electron chi connectivity index (χ4n) is 2.39. The van der Waals surface area contributed by atoms with Crippen molar-refractivity contribution in [2.24, 2.45) is 10.1 Å². The zero-order chi connectivity index (χ0) is 20.8. The molecule has 0 aliphatic rings. The second kappa shape index (κ2) is 9.82. The molecular formula is C20H15Cl2F2N3OS. The van der Waals surface area contributed by atoms with Crippen LogP contribution in [0.15, 0.2) is 70.6 Å². The molecule has 0 saturated carbocycles. The molecule has 0 saturated heterocycles. The molecule has 0 radical (unpaired) electrons. The average Bonchev–Trinajstić information content (AvgIpc) is 3.08. The van der Waals surface area contributed by atoms with Crippen molar-refractivity contribution < 1.29 is 13.5 Å². The van der Waals surface area contributed by atoms with Crippen LogP contribution >= 0.6 is 34.5 Å². The predicted molar refractivity (Wildman–Crippen MR) is 114 cm³/mol. The molecule has 3 aromatic rings. The predicted octanol–water partition coefficient (Wildman–Crippen LogP) is 6.09. The quantitative estimate of drug-likeness (QED) is 0.314. The molecule has 1 aromatic heterocycles. The topological polar surface area (TPSA) is 38.9 Å². The summed E-state index contributed by atoms with van der Waals surface area (Å²) in [5.41, 5.74) is 2.20. The Morgan fingerprint density at radius 2 is 1.93 bits per heavy atom. The number of hydrogen-bond donors (Lipinski definition) is 0. The van der Waals surface area contributed by atoms with E-state index in [1.54, 1.807) is 47.3 Å². The third-order valence-electron chi connectivity index (χ3n) is 3.69. The van der Waals surface area contributed by atoms with Gasteiger partial charge >= 0.3 is 6.61 Å². The SMILES string of the molecule is C=CCN=c1scc(-c2ccc(OC(F)F)cc2)n1/N=C\c1ccc(Cl)cc1Cl. The van der Waals surface area contributed by atoms with Crippen molar-refractivity contribution in [3.8, 4) is 17.0 Å². The van der Waals surface area contributed by atoms with E-state index in [1.807, 2.05) is 5.38 Å². The Bertz CT molecular complexity index is 1090. The Hall–Kier alpha value is -2.48. The smallest absolute Gasteiger partial charge is 0.387 e. The maximum Gasteiger partial charge on any atom is 0.387 e. The Labute approximate surface area is 180 Å². The van der Waals surface area contributed by atoms with E-state index in [2.05, 4.69) is 21.4 Å². The second-order valence-corrected chi connectivity index (χ2v) is 7.34. The van der Waals surface area contributed by atoms with Gasteiger partial charge in [0.15, 0.2) is 0 Å². The zero-order valence-electron chi connectivity index (χ0n) is 14.9. The lowest BCUT2D eigenvalue weighted by molar-refractivity contribution is -0.0498. The number of ether oxygens (including phenoxy) is 1. The molecule has 2 aromatic carbocycles. The number of aromatic nitrogens is 1. The van der Waals surface area contributed by atoms with Gasteiger partial charge in [0.25, 0.3) is 0 Å². The highest BCUT2D eigenvalue weighted by molar-refractivity contribution is 7.07. The monoisotopic (exact) mass is 453 g/mol. The highest BCUT2D eigenvalue weighted by Gasteiger charge is 2.09. The molecule has 0 fully saturated rings. The summed E-state index contributed by atoms with van der Waals surface area (Å²) in [5, 5.41) is 7.40. The Morgan fingerprint density at radius 3 is 2.59 bits per heavy atom. The van der Waals surface area contributed by atoms with Crippen LogP contribution in [0.5, 0.6) is 5.75 Å². The number of halogens is 4. The van der Waals surface area contributed by atoms with E-state index in [0.717, 1.165) is 11.3 Å². The first kappa shape index (κ1) is 21.2. The van der Waals surface area contributed by atoms with Gasteiger partial charge in [-0.3, -0.25) is 4.99 Å². The molecule has 0 aliphatic carbocycles. The number of hydrogen-bond acceptors (Lipinski definition) is 4. The average molecular weight is 454 g/mol. The largest absolute Gasteiger partial charge is 0.435 e. The molecular weight excluding hydrogens is 439 g/mol. The molecule has 0 spiro atoms. The molecule has 0 aliphatic heterocycles.